The second kappa shape index (κ2) is 5.36. The van der Waals surface area contributed by atoms with Crippen molar-refractivity contribution >= 4 is 11.9 Å². The van der Waals surface area contributed by atoms with Crippen LogP contribution >= 0.6 is 0 Å². The average molecular weight is 285 g/mol. The Balaban J connectivity index is 2.12. The summed E-state index contributed by atoms with van der Waals surface area (Å²) < 4.78 is 52.2. The standard InChI is InChI=1S/C13H11F4N3/c1-2-20-8-9(7-19-20)6-18-10-3-4-12(14)11(5-10)13(15,16)17/h2-5,7-8,18H,1,6H2. The van der Waals surface area contributed by atoms with E-state index in [0.29, 0.717) is 0 Å². The number of benzene rings is 1. The Bertz CT molecular complexity index is 616. The highest BCUT2D eigenvalue weighted by Crippen LogP contribution is 2.33. The monoisotopic (exact) mass is 285 g/mol. The number of aromatic nitrogens is 2. The summed E-state index contributed by atoms with van der Waals surface area (Å²) in [7, 11) is 0. The Hall–Kier alpha value is -2.31. The summed E-state index contributed by atoms with van der Waals surface area (Å²) in [6.45, 7) is 3.80. The van der Waals surface area contributed by atoms with Crippen molar-refractivity contribution in [1.29, 1.82) is 0 Å². The number of rotatable bonds is 4. The van der Waals surface area contributed by atoms with Gasteiger partial charge in [-0.1, -0.05) is 6.58 Å². The molecule has 0 unspecified atom stereocenters. The Morgan fingerprint density at radius 3 is 2.70 bits per heavy atom. The first-order valence-corrected chi connectivity index (χ1v) is 5.66. The molecule has 1 aromatic heterocycles. The smallest absolute Gasteiger partial charge is 0.381 e. The van der Waals surface area contributed by atoms with Crippen molar-refractivity contribution in [3.8, 4) is 0 Å². The number of alkyl halides is 3. The van der Waals surface area contributed by atoms with E-state index in [4.69, 9.17) is 0 Å². The minimum atomic E-state index is -4.71. The summed E-state index contributed by atoms with van der Waals surface area (Å²) in [4.78, 5) is 0. The molecule has 0 aliphatic heterocycles. The van der Waals surface area contributed by atoms with Gasteiger partial charge in [-0.3, -0.25) is 0 Å². The molecular formula is C13H11F4N3. The van der Waals surface area contributed by atoms with Crippen LogP contribution in [0.3, 0.4) is 0 Å². The zero-order valence-corrected chi connectivity index (χ0v) is 10.3. The highest BCUT2D eigenvalue weighted by Gasteiger charge is 2.34. The van der Waals surface area contributed by atoms with Gasteiger partial charge in [0, 0.05) is 30.2 Å². The van der Waals surface area contributed by atoms with Crippen LogP contribution in [0.2, 0.25) is 0 Å². The molecule has 0 saturated carbocycles. The molecule has 0 bridgehead atoms. The van der Waals surface area contributed by atoms with Crippen molar-refractivity contribution in [2.45, 2.75) is 12.7 Å². The molecule has 2 rings (SSSR count). The van der Waals surface area contributed by atoms with Crippen molar-refractivity contribution in [3.63, 3.8) is 0 Å². The molecule has 1 heterocycles. The molecule has 0 amide bonds. The Labute approximate surface area is 112 Å². The van der Waals surface area contributed by atoms with Crippen LogP contribution in [0, 0.1) is 5.82 Å². The second-order valence-corrected chi connectivity index (χ2v) is 4.06. The van der Waals surface area contributed by atoms with E-state index >= 15 is 0 Å². The maximum atomic E-state index is 13.1. The lowest BCUT2D eigenvalue weighted by atomic mass is 10.1. The molecular weight excluding hydrogens is 274 g/mol. The highest BCUT2D eigenvalue weighted by atomic mass is 19.4. The zero-order valence-electron chi connectivity index (χ0n) is 10.3. The SMILES string of the molecule is C=Cn1cc(CNc2ccc(F)c(C(F)(F)F)c2)cn1. The van der Waals surface area contributed by atoms with Crippen LogP contribution in [-0.4, -0.2) is 9.78 Å². The molecule has 0 saturated heterocycles. The predicted molar refractivity (Wildman–Crippen MR) is 67.3 cm³/mol. The number of hydrogen-bond donors (Lipinski definition) is 1. The first kappa shape index (κ1) is 14.1. The summed E-state index contributed by atoms with van der Waals surface area (Å²) in [5.41, 5.74) is -0.336. The molecule has 0 fully saturated rings. The minimum absolute atomic E-state index is 0.185. The van der Waals surface area contributed by atoms with Crippen LogP contribution in [0.25, 0.3) is 6.20 Å². The molecule has 2 aromatic rings. The first-order chi connectivity index (χ1) is 9.40. The van der Waals surface area contributed by atoms with E-state index < -0.39 is 17.6 Å². The second-order valence-electron chi connectivity index (χ2n) is 4.06. The van der Waals surface area contributed by atoms with Crippen molar-refractivity contribution in [2.24, 2.45) is 0 Å². The van der Waals surface area contributed by atoms with Crippen molar-refractivity contribution < 1.29 is 17.6 Å². The Morgan fingerprint density at radius 1 is 1.35 bits per heavy atom. The average Bonchev–Trinajstić information content (AvgIpc) is 2.84. The van der Waals surface area contributed by atoms with Gasteiger partial charge in [0.1, 0.15) is 5.82 Å². The van der Waals surface area contributed by atoms with Gasteiger partial charge in [-0.05, 0) is 18.2 Å². The third-order valence-corrected chi connectivity index (χ3v) is 2.61. The highest BCUT2D eigenvalue weighted by molar-refractivity contribution is 5.47. The van der Waals surface area contributed by atoms with Crippen molar-refractivity contribution in [1.82, 2.24) is 9.78 Å². The van der Waals surface area contributed by atoms with Gasteiger partial charge in [0.05, 0.1) is 11.8 Å². The van der Waals surface area contributed by atoms with Gasteiger partial charge < -0.3 is 5.32 Å². The summed E-state index contributed by atoms with van der Waals surface area (Å²) in [5.74, 6) is -1.29. The van der Waals surface area contributed by atoms with E-state index in [-0.39, 0.29) is 12.2 Å². The van der Waals surface area contributed by atoms with E-state index in [2.05, 4.69) is 17.0 Å². The number of anilines is 1. The van der Waals surface area contributed by atoms with Gasteiger partial charge in [-0.15, -0.1) is 0 Å². The molecule has 3 nitrogen and oxygen atoms in total. The van der Waals surface area contributed by atoms with Crippen molar-refractivity contribution in [2.75, 3.05) is 5.32 Å². The van der Waals surface area contributed by atoms with Gasteiger partial charge in [0.15, 0.2) is 0 Å². The third kappa shape index (κ3) is 3.17. The fourth-order valence-electron chi connectivity index (χ4n) is 1.63. The van der Waals surface area contributed by atoms with Gasteiger partial charge in [-0.25, -0.2) is 9.07 Å². The number of hydrogen-bond acceptors (Lipinski definition) is 2. The van der Waals surface area contributed by atoms with E-state index in [9.17, 15) is 17.6 Å². The topological polar surface area (TPSA) is 29.9 Å². The molecule has 0 aliphatic rings. The normalized spacial score (nSPS) is 11.4. The van der Waals surface area contributed by atoms with Crippen LogP contribution < -0.4 is 5.32 Å². The van der Waals surface area contributed by atoms with Crippen LogP contribution in [-0.2, 0) is 12.7 Å². The lowest BCUT2D eigenvalue weighted by Crippen LogP contribution is -2.09. The molecule has 106 valence electrons. The maximum absolute atomic E-state index is 13.1. The largest absolute Gasteiger partial charge is 0.419 e. The molecule has 1 aromatic carbocycles. The fourth-order valence-corrected chi connectivity index (χ4v) is 1.63. The number of nitrogens with one attached hydrogen (secondary N) is 1. The van der Waals surface area contributed by atoms with Crippen LogP contribution in [0.5, 0.6) is 0 Å². The number of halogens is 4. The lowest BCUT2D eigenvalue weighted by molar-refractivity contribution is -0.139. The molecule has 7 heteroatoms. The van der Waals surface area contributed by atoms with Crippen LogP contribution in [0.15, 0.2) is 37.2 Å². The van der Waals surface area contributed by atoms with Crippen LogP contribution in [0.4, 0.5) is 23.2 Å². The van der Waals surface area contributed by atoms with Gasteiger partial charge in [-0.2, -0.15) is 18.3 Å². The molecule has 0 aliphatic carbocycles. The molecule has 0 radical (unpaired) electrons. The van der Waals surface area contributed by atoms with Gasteiger partial charge in [0.25, 0.3) is 0 Å². The van der Waals surface area contributed by atoms with Gasteiger partial charge in [0.2, 0.25) is 0 Å². The molecule has 20 heavy (non-hydrogen) atoms. The zero-order chi connectivity index (χ0) is 14.8. The molecule has 1 N–H and O–H groups in total. The van der Waals surface area contributed by atoms with Crippen LogP contribution in [0.1, 0.15) is 11.1 Å². The van der Waals surface area contributed by atoms with E-state index in [1.807, 2.05) is 0 Å². The third-order valence-electron chi connectivity index (χ3n) is 2.61. The van der Waals surface area contributed by atoms with Crippen molar-refractivity contribution in [3.05, 3.63) is 54.1 Å². The van der Waals surface area contributed by atoms with E-state index in [1.54, 1.807) is 12.4 Å². The summed E-state index contributed by atoms with van der Waals surface area (Å²) in [5, 5.41) is 6.72. The maximum Gasteiger partial charge on any atom is 0.419 e. The fraction of sp³-hybridized carbons (Fsp3) is 0.154. The van der Waals surface area contributed by atoms with Gasteiger partial charge >= 0.3 is 6.18 Å². The number of nitrogens with zero attached hydrogens (tertiary/aromatic N) is 2. The predicted octanol–water partition coefficient (Wildman–Crippen LogP) is 3.75. The summed E-state index contributed by atoms with van der Waals surface area (Å²) >= 11 is 0. The Morgan fingerprint density at radius 2 is 2.10 bits per heavy atom. The van der Waals surface area contributed by atoms with E-state index in [1.165, 1.54) is 16.9 Å². The minimum Gasteiger partial charge on any atom is -0.381 e. The first-order valence-electron chi connectivity index (χ1n) is 5.66. The summed E-state index contributed by atoms with van der Waals surface area (Å²) in [6, 6.07) is 2.79. The summed E-state index contributed by atoms with van der Waals surface area (Å²) in [6.07, 6.45) is 0.00964. The molecule has 0 atom stereocenters. The van der Waals surface area contributed by atoms with E-state index in [0.717, 1.165) is 17.7 Å². The quantitative estimate of drug-likeness (QED) is 0.867. The lowest BCUT2D eigenvalue weighted by Gasteiger charge is -2.11. The Kier molecular flexibility index (Phi) is 3.78. The molecule has 0 spiro atoms.